The van der Waals surface area contributed by atoms with Gasteiger partial charge >= 0.3 is 0 Å². The molecule has 5 rings (SSSR count). The summed E-state index contributed by atoms with van der Waals surface area (Å²) in [6, 6.07) is 22.5. The smallest absolute Gasteiger partial charge is 0.296 e. The number of amides is 1. The number of halogens is 1. The molecule has 1 N–H and O–H groups in total. The summed E-state index contributed by atoms with van der Waals surface area (Å²) in [5.74, 6) is -1.78. The summed E-state index contributed by atoms with van der Waals surface area (Å²) < 4.78 is 14.6. The van der Waals surface area contributed by atoms with Crippen molar-refractivity contribution < 1.29 is 19.1 Å². The second-order valence-electron chi connectivity index (χ2n) is 8.77. The number of carbonyl (C=O) groups is 2. The second-order valence-corrected chi connectivity index (χ2v) is 11.0. The molecule has 6 nitrogen and oxygen atoms in total. The van der Waals surface area contributed by atoms with Crippen LogP contribution in [0.3, 0.4) is 0 Å². The molecule has 0 aliphatic carbocycles. The highest BCUT2D eigenvalue weighted by Crippen LogP contribution is 2.43. The first kappa shape index (κ1) is 26.5. The van der Waals surface area contributed by atoms with Gasteiger partial charge in [0.25, 0.3) is 5.91 Å². The van der Waals surface area contributed by atoms with Crippen molar-refractivity contribution in [3.63, 3.8) is 0 Å². The third-order valence-electron chi connectivity index (χ3n) is 6.31. The van der Waals surface area contributed by atoms with Gasteiger partial charge in [-0.25, -0.2) is 4.39 Å². The molecular formula is C30H24FN3O3S2. The minimum Gasteiger partial charge on any atom is -0.503 e. The number of thioether (sulfide) groups is 1. The van der Waals surface area contributed by atoms with Crippen LogP contribution < -0.4 is 4.90 Å². The average Bonchev–Trinajstić information content (AvgIpc) is 3.53. The average molecular weight is 558 g/mol. The molecule has 0 saturated heterocycles. The topological polar surface area (TPSA) is 83.4 Å². The zero-order valence-corrected chi connectivity index (χ0v) is 22.6. The Kier molecular flexibility index (Phi) is 7.99. The number of carbonyl (C=O) groups excluding carboxylic acids is 2. The quantitative estimate of drug-likeness (QED) is 0.140. The van der Waals surface area contributed by atoms with Gasteiger partial charge in [-0.15, -0.1) is 10.2 Å². The number of aliphatic hydroxyl groups is 1. The number of hydrogen-bond donors (Lipinski definition) is 1. The molecule has 196 valence electrons. The van der Waals surface area contributed by atoms with Gasteiger partial charge in [0.2, 0.25) is 5.13 Å². The number of aryl methyl sites for hydroxylation is 1. The van der Waals surface area contributed by atoms with Gasteiger partial charge in [-0.1, -0.05) is 109 Å². The van der Waals surface area contributed by atoms with Gasteiger partial charge in [0.05, 0.1) is 11.6 Å². The summed E-state index contributed by atoms with van der Waals surface area (Å²) in [4.78, 5) is 28.1. The Morgan fingerprint density at radius 3 is 2.49 bits per heavy atom. The van der Waals surface area contributed by atoms with Gasteiger partial charge in [-0.05, 0) is 40.8 Å². The molecule has 1 amide bonds. The molecule has 4 aromatic rings. The molecule has 9 heteroatoms. The third-order valence-corrected chi connectivity index (χ3v) is 8.42. The van der Waals surface area contributed by atoms with Crippen molar-refractivity contribution >= 4 is 46.0 Å². The van der Waals surface area contributed by atoms with Crippen LogP contribution >= 0.6 is 23.1 Å². The highest BCUT2D eigenvalue weighted by atomic mass is 32.2. The Balaban J connectivity index is 1.47. The molecule has 1 aliphatic rings. The SMILES string of the molecule is CCc1ccc(C2C(C(=O)/C=C/c3ccccc3)=C(O)C(=O)N2c2nnc(SCc3ccccc3F)s2)cc1. The Labute approximate surface area is 233 Å². The number of aliphatic hydroxyl groups excluding tert-OH is 1. The second kappa shape index (κ2) is 11.8. The number of allylic oxidation sites excluding steroid dienone is 1. The number of rotatable bonds is 9. The minimum atomic E-state index is -0.881. The first-order valence-corrected chi connectivity index (χ1v) is 14.1. The van der Waals surface area contributed by atoms with Crippen molar-refractivity contribution in [3.05, 3.63) is 124 Å². The van der Waals surface area contributed by atoms with E-state index >= 15 is 0 Å². The summed E-state index contributed by atoms with van der Waals surface area (Å²) in [5.41, 5.74) is 3.09. The van der Waals surface area contributed by atoms with Crippen LogP contribution in [-0.4, -0.2) is 27.0 Å². The van der Waals surface area contributed by atoms with Crippen LogP contribution in [-0.2, 0) is 21.8 Å². The molecular weight excluding hydrogens is 533 g/mol. The van der Waals surface area contributed by atoms with Crippen molar-refractivity contribution in [2.45, 2.75) is 29.5 Å². The van der Waals surface area contributed by atoms with Crippen LogP contribution in [0.25, 0.3) is 6.08 Å². The van der Waals surface area contributed by atoms with Crippen LogP contribution in [0, 0.1) is 5.82 Å². The molecule has 1 unspecified atom stereocenters. The van der Waals surface area contributed by atoms with E-state index in [1.54, 1.807) is 24.3 Å². The Morgan fingerprint density at radius 1 is 1.05 bits per heavy atom. The number of anilines is 1. The van der Waals surface area contributed by atoms with Crippen molar-refractivity contribution in [2.75, 3.05) is 4.90 Å². The van der Waals surface area contributed by atoms with Gasteiger partial charge in [-0.2, -0.15) is 0 Å². The normalized spacial score (nSPS) is 15.5. The number of nitrogens with zero attached hydrogens (tertiary/aromatic N) is 3. The number of benzene rings is 3. The van der Waals surface area contributed by atoms with Gasteiger partial charge < -0.3 is 5.11 Å². The summed E-state index contributed by atoms with van der Waals surface area (Å²) in [6.45, 7) is 2.04. The molecule has 3 aromatic carbocycles. The van der Waals surface area contributed by atoms with Crippen LogP contribution in [0.4, 0.5) is 9.52 Å². The molecule has 1 aromatic heterocycles. The third kappa shape index (κ3) is 5.69. The molecule has 0 fully saturated rings. The molecule has 1 atom stereocenters. The molecule has 0 saturated carbocycles. The van der Waals surface area contributed by atoms with Crippen LogP contribution in [0.15, 0.2) is 101 Å². The van der Waals surface area contributed by atoms with E-state index in [0.717, 1.165) is 28.9 Å². The zero-order valence-electron chi connectivity index (χ0n) is 21.0. The standard InChI is InChI=1S/C30H24FN3O3S2/c1-2-19-12-15-21(16-13-19)26-25(24(35)17-14-20-8-4-3-5-9-20)27(36)28(37)34(26)29-32-33-30(39-29)38-18-22-10-6-7-11-23(22)31/h3-17,26,36H,2,18H2,1H3/b17-14+. The molecule has 1 aliphatic heterocycles. The maximum absolute atomic E-state index is 14.1. The van der Waals surface area contributed by atoms with E-state index in [-0.39, 0.29) is 16.5 Å². The predicted octanol–water partition coefficient (Wildman–Crippen LogP) is 6.71. The first-order chi connectivity index (χ1) is 19.0. The van der Waals surface area contributed by atoms with E-state index in [2.05, 4.69) is 10.2 Å². The highest BCUT2D eigenvalue weighted by molar-refractivity contribution is 8.00. The van der Waals surface area contributed by atoms with Crippen molar-refractivity contribution in [1.82, 2.24) is 10.2 Å². The van der Waals surface area contributed by atoms with Crippen LogP contribution in [0.5, 0.6) is 0 Å². The summed E-state index contributed by atoms with van der Waals surface area (Å²) in [7, 11) is 0. The monoisotopic (exact) mass is 557 g/mol. The lowest BCUT2D eigenvalue weighted by atomic mass is 9.95. The van der Waals surface area contributed by atoms with Gasteiger partial charge in [0, 0.05) is 5.75 Å². The summed E-state index contributed by atoms with van der Waals surface area (Å²) >= 11 is 2.44. The lowest BCUT2D eigenvalue weighted by Gasteiger charge is -2.24. The zero-order chi connectivity index (χ0) is 27.4. The Bertz CT molecular complexity index is 1570. The van der Waals surface area contributed by atoms with E-state index < -0.39 is 23.5 Å². The molecule has 39 heavy (non-hydrogen) atoms. The van der Waals surface area contributed by atoms with E-state index in [9.17, 15) is 19.1 Å². The lowest BCUT2D eigenvalue weighted by molar-refractivity contribution is -0.117. The number of hydrogen-bond acceptors (Lipinski definition) is 7. The fraction of sp³-hybridized carbons (Fsp3) is 0.133. The highest BCUT2D eigenvalue weighted by Gasteiger charge is 2.45. The number of ketones is 1. The van der Waals surface area contributed by atoms with Gasteiger partial charge in [0.15, 0.2) is 15.9 Å². The predicted molar refractivity (Wildman–Crippen MR) is 152 cm³/mol. The van der Waals surface area contributed by atoms with E-state index in [1.807, 2.05) is 61.5 Å². The Morgan fingerprint density at radius 2 is 1.77 bits per heavy atom. The Hall–Kier alpha value is -4.08. The van der Waals surface area contributed by atoms with Gasteiger partial charge in [-0.3, -0.25) is 14.5 Å². The summed E-state index contributed by atoms with van der Waals surface area (Å²) in [5, 5.41) is 19.5. The van der Waals surface area contributed by atoms with Crippen molar-refractivity contribution in [1.29, 1.82) is 0 Å². The molecule has 0 radical (unpaired) electrons. The largest absolute Gasteiger partial charge is 0.503 e. The van der Waals surface area contributed by atoms with Crippen LogP contribution in [0.2, 0.25) is 0 Å². The fourth-order valence-corrected chi connectivity index (χ4v) is 6.10. The van der Waals surface area contributed by atoms with E-state index in [1.165, 1.54) is 28.8 Å². The number of aromatic nitrogens is 2. The van der Waals surface area contributed by atoms with Crippen LogP contribution in [0.1, 0.15) is 35.2 Å². The van der Waals surface area contributed by atoms with Crippen molar-refractivity contribution in [3.8, 4) is 0 Å². The maximum atomic E-state index is 14.1. The molecule has 0 spiro atoms. The summed E-state index contributed by atoms with van der Waals surface area (Å²) in [6.07, 6.45) is 3.84. The minimum absolute atomic E-state index is 0.0211. The van der Waals surface area contributed by atoms with Crippen molar-refractivity contribution in [2.24, 2.45) is 0 Å². The maximum Gasteiger partial charge on any atom is 0.296 e. The fourth-order valence-electron chi connectivity index (χ4n) is 4.24. The first-order valence-electron chi connectivity index (χ1n) is 12.3. The molecule has 0 bridgehead atoms. The molecule has 2 heterocycles. The van der Waals surface area contributed by atoms with Gasteiger partial charge in [0.1, 0.15) is 5.82 Å². The van der Waals surface area contributed by atoms with E-state index in [0.29, 0.717) is 21.2 Å². The lowest BCUT2D eigenvalue weighted by Crippen LogP contribution is -2.30. The van der Waals surface area contributed by atoms with E-state index in [4.69, 9.17) is 0 Å².